The average molecular weight is 474 g/mol. The third-order valence-corrected chi connectivity index (χ3v) is 5.77. The van der Waals surface area contributed by atoms with Gasteiger partial charge in [-0.1, -0.05) is 25.1 Å². The molecule has 0 aliphatic heterocycles. The Morgan fingerprint density at radius 2 is 1.85 bits per heavy atom. The van der Waals surface area contributed by atoms with Gasteiger partial charge in [0.05, 0.1) is 29.7 Å². The SMILES string of the molecule is CCOC[C@H](O)CN(Cc1c(C)nn(-c2ccccc2)c1Oc1ccc(F)cc1F)[C@@H](C)CC. The molecule has 2 aromatic carbocycles. The molecule has 34 heavy (non-hydrogen) atoms. The van der Waals surface area contributed by atoms with E-state index < -0.39 is 17.7 Å². The first-order valence-corrected chi connectivity index (χ1v) is 11.6. The number of para-hydroxylation sites is 1. The number of aliphatic hydroxyl groups excluding tert-OH is 1. The third-order valence-electron chi connectivity index (χ3n) is 5.77. The molecule has 0 bridgehead atoms. The molecular weight excluding hydrogens is 440 g/mol. The zero-order valence-electron chi connectivity index (χ0n) is 20.2. The number of benzene rings is 2. The molecule has 0 saturated heterocycles. The molecule has 8 heteroatoms. The number of hydrogen-bond donors (Lipinski definition) is 1. The maximum absolute atomic E-state index is 14.5. The Hall–Kier alpha value is -2.81. The van der Waals surface area contributed by atoms with Gasteiger partial charge in [0.25, 0.3) is 0 Å². The van der Waals surface area contributed by atoms with Gasteiger partial charge in [-0.2, -0.15) is 5.10 Å². The molecule has 0 saturated carbocycles. The first-order valence-electron chi connectivity index (χ1n) is 11.6. The van der Waals surface area contributed by atoms with Gasteiger partial charge in [0, 0.05) is 31.8 Å². The summed E-state index contributed by atoms with van der Waals surface area (Å²) in [6, 6.07) is 12.8. The summed E-state index contributed by atoms with van der Waals surface area (Å²) in [6.45, 7) is 9.53. The van der Waals surface area contributed by atoms with Gasteiger partial charge in [-0.3, -0.25) is 4.90 Å². The van der Waals surface area contributed by atoms with Gasteiger partial charge < -0.3 is 14.6 Å². The second-order valence-corrected chi connectivity index (χ2v) is 8.29. The molecule has 2 atom stereocenters. The molecule has 0 amide bonds. The Bertz CT molecular complexity index is 1060. The van der Waals surface area contributed by atoms with Crippen molar-refractivity contribution in [1.29, 1.82) is 0 Å². The monoisotopic (exact) mass is 473 g/mol. The average Bonchev–Trinajstić information content (AvgIpc) is 3.13. The van der Waals surface area contributed by atoms with Crippen LogP contribution in [-0.4, -0.2) is 51.7 Å². The number of hydrogen-bond acceptors (Lipinski definition) is 5. The summed E-state index contributed by atoms with van der Waals surface area (Å²) < 4.78 is 41.0. The van der Waals surface area contributed by atoms with Crippen LogP contribution >= 0.6 is 0 Å². The quantitative estimate of drug-likeness (QED) is 0.389. The standard InChI is InChI=1S/C26H33F2N3O3/c1-5-18(3)30(15-22(32)17-33-6-2)16-23-19(4)29-31(21-10-8-7-9-11-21)26(23)34-25-13-12-20(27)14-24(25)28/h7-14,18,22,32H,5-6,15-17H2,1-4H3/t18-,22+/m0/s1. The zero-order chi connectivity index (χ0) is 24.7. The molecule has 0 fully saturated rings. The number of nitrogens with zero attached hydrogens (tertiary/aromatic N) is 3. The number of ether oxygens (including phenoxy) is 2. The lowest BCUT2D eigenvalue weighted by molar-refractivity contribution is 0.0111. The van der Waals surface area contributed by atoms with Crippen LogP contribution in [0.3, 0.4) is 0 Å². The maximum atomic E-state index is 14.5. The molecule has 6 nitrogen and oxygen atoms in total. The topological polar surface area (TPSA) is 59.8 Å². The highest BCUT2D eigenvalue weighted by Gasteiger charge is 2.25. The summed E-state index contributed by atoms with van der Waals surface area (Å²) in [5.74, 6) is -1.22. The van der Waals surface area contributed by atoms with Gasteiger partial charge in [-0.15, -0.1) is 0 Å². The van der Waals surface area contributed by atoms with Crippen LogP contribution in [0.25, 0.3) is 5.69 Å². The molecule has 3 aromatic rings. The van der Waals surface area contributed by atoms with Crippen LogP contribution in [0, 0.1) is 18.6 Å². The van der Waals surface area contributed by atoms with Crippen LogP contribution in [0.5, 0.6) is 11.6 Å². The van der Waals surface area contributed by atoms with Gasteiger partial charge in [0.2, 0.25) is 5.88 Å². The van der Waals surface area contributed by atoms with Crippen LogP contribution < -0.4 is 4.74 Å². The van der Waals surface area contributed by atoms with Gasteiger partial charge in [-0.05, 0) is 51.5 Å². The van der Waals surface area contributed by atoms with Crippen molar-refractivity contribution in [1.82, 2.24) is 14.7 Å². The summed E-state index contributed by atoms with van der Waals surface area (Å²) in [4.78, 5) is 2.14. The molecule has 0 aliphatic carbocycles. The lowest BCUT2D eigenvalue weighted by atomic mass is 10.1. The van der Waals surface area contributed by atoms with E-state index in [1.807, 2.05) is 44.2 Å². The smallest absolute Gasteiger partial charge is 0.227 e. The Kier molecular flexibility index (Phi) is 9.15. The fourth-order valence-electron chi connectivity index (χ4n) is 3.67. The predicted octanol–water partition coefficient (Wildman–Crippen LogP) is 5.25. The highest BCUT2D eigenvalue weighted by Crippen LogP contribution is 2.33. The highest BCUT2D eigenvalue weighted by molar-refractivity contribution is 5.43. The van der Waals surface area contributed by atoms with Crippen molar-refractivity contribution in [2.75, 3.05) is 19.8 Å². The van der Waals surface area contributed by atoms with Gasteiger partial charge in [0.15, 0.2) is 11.6 Å². The fraction of sp³-hybridized carbons (Fsp3) is 0.423. The van der Waals surface area contributed by atoms with E-state index in [0.717, 1.165) is 29.8 Å². The van der Waals surface area contributed by atoms with Crippen LogP contribution in [0.4, 0.5) is 8.78 Å². The van der Waals surface area contributed by atoms with E-state index in [2.05, 4.69) is 23.8 Å². The van der Waals surface area contributed by atoms with Crippen LogP contribution in [0.15, 0.2) is 48.5 Å². The van der Waals surface area contributed by atoms with Crippen LogP contribution in [0.2, 0.25) is 0 Å². The maximum Gasteiger partial charge on any atom is 0.227 e. The van der Waals surface area contributed by atoms with E-state index in [1.165, 1.54) is 6.07 Å². The molecule has 0 aliphatic rings. The molecule has 3 rings (SSSR count). The predicted molar refractivity (Wildman–Crippen MR) is 127 cm³/mol. The summed E-state index contributed by atoms with van der Waals surface area (Å²) in [7, 11) is 0. The lowest BCUT2D eigenvalue weighted by Gasteiger charge is -2.30. The molecular formula is C26H33F2N3O3. The minimum atomic E-state index is -0.796. The Balaban J connectivity index is 2.01. The number of halogens is 2. The van der Waals surface area contributed by atoms with E-state index in [4.69, 9.17) is 9.47 Å². The van der Waals surface area contributed by atoms with E-state index in [9.17, 15) is 13.9 Å². The van der Waals surface area contributed by atoms with Crippen molar-refractivity contribution < 1.29 is 23.4 Å². The van der Waals surface area contributed by atoms with Crippen molar-refractivity contribution in [3.8, 4) is 17.3 Å². The Morgan fingerprint density at radius 1 is 1.12 bits per heavy atom. The molecule has 1 N–H and O–H groups in total. The minimum absolute atomic E-state index is 0.0915. The minimum Gasteiger partial charge on any atom is -0.435 e. The van der Waals surface area contributed by atoms with E-state index >= 15 is 0 Å². The Labute approximate surface area is 199 Å². The van der Waals surface area contributed by atoms with Crippen molar-refractivity contribution >= 4 is 0 Å². The van der Waals surface area contributed by atoms with Crippen LogP contribution in [0.1, 0.15) is 38.4 Å². The highest BCUT2D eigenvalue weighted by atomic mass is 19.1. The number of rotatable bonds is 12. The first kappa shape index (κ1) is 25.8. The van der Waals surface area contributed by atoms with Gasteiger partial charge in [0.1, 0.15) is 5.82 Å². The first-order chi connectivity index (χ1) is 16.3. The number of aliphatic hydroxyl groups is 1. The molecule has 184 valence electrons. The third kappa shape index (κ3) is 6.40. The summed E-state index contributed by atoms with van der Waals surface area (Å²) in [5.41, 5.74) is 2.23. The summed E-state index contributed by atoms with van der Waals surface area (Å²) in [5, 5.41) is 15.2. The number of aromatic nitrogens is 2. The number of aryl methyl sites for hydroxylation is 1. The normalized spacial score (nSPS) is 13.3. The zero-order valence-corrected chi connectivity index (χ0v) is 20.2. The fourth-order valence-corrected chi connectivity index (χ4v) is 3.67. The summed E-state index contributed by atoms with van der Waals surface area (Å²) >= 11 is 0. The lowest BCUT2D eigenvalue weighted by Crippen LogP contribution is -2.40. The molecule has 1 aromatic heterocycles. The van der Waals surface area contributed by atoms with Gasteiger partial charge in [-0.25, -0.2) is 13.5 Å². The second-order valence-electron chi connectivity index (χ2n) is 8.29. The van der Waals surface area contributed by atoms with Crippen molar-refractivity contribution in [3.63, 3.8) is 0 Å². The van der Waals surface area contributed by atoms with Crippen molar-refractivity contribution in [3.05, 3.63) is 71.4 Å². The van der Waals surface area contributed by atoms with Gasteiger partial charge >= 0.3 is 0 Å². The Morgan fingerprint density at radius 3 is 2.50 bits per heavy atom. The van der Waals surface area contributed by atoms with E-state index in [0.29, 0.717) is 31.3 Å². The van der Waals surface area contributed by atoms with E-state index in [1.54, 1.807) is 4.68 Å². The largest absolute Gasteiger partial charge is 0.435 e. The second kappa shape index (κ2) is 12.1. The van der Waals surface area contributed by atoms with Crippen LogP contribution in [-0.2, 0) is 11.3 Å². The van der Waals surface area contributed by atoms with E-state index in [-0.39, 0.29) is 18.4 Å². The molecule has 0 spiro atoms. The molecule has 0 radical (unpaired) electrons. The summed E-state index contributed by atoms with van der Waals surface area (Å²) in [6.07, 6.45) is 0.216. The van der Waals surface area contributed by atoms with Crippen molar-refractivity contribution in [2.45, 2.75) is 52.8 Å². The molecule has 1 heterocycles. The molecule has 0 unspecified atom stereocenters. The van der Waals surface area contributed by atoms with Crippen molar-refractivity contribution in [2.24, 2.45) is 0 Å².